The number of nitrogens with two attached hydrogens (primary N) is 2. The van der Waals surface area contributed by atoms with Crippen molar-refractivity contribution in [3.8, 4) is 11.5 Å². The zero-order valence-corrected chi connectivity index (χ0v) is 11.4. The molecule has 0 saturated heterocycles. The summed E-state index contributed by atoms with van der Waals surface area (Å²) >= 11 is 0. The third-order valence-electron chi connectivity index (χ3n) is 2.46. The number of hydrogen-bond acceptors (Lipinski definition) is 6. The molecule has 21 heavy (non-hydrogen) atoms. The molecule has 8 nitrogen and oxygen atoms in total. The molecule has 1 aromatic carbocycles. The molecule has 8 heteroatoms. The molecule has 0 heterocycles. The van der Waals surface area contributed by atoms with Crippen LogP contribution in [0.3, 0.4) is 0 Å². The van der Waals surface area contributed by atoms with Crippen LogP contribution in [0.2, 0.25) is 0 Å². The van der Waals surface area contributed by atoms with Gasteiger partial charge in [0.2, 0.25) is 0 Å². The SMILES string of the molecule is NCCc1ccc(O)c(O)c1.N[C@@H](CCC(=O)O)C(=O)O. The van der Waals surface area contributed by atoms with Crippen molar-refractivity contribution in [2.75, 3.05) is 6.54 Å². The second kappa shape index (κ2) is 9.56. The molecule has 8 N–H and O–H groups in total. The summed E-state index contributed by atoms with van der Waals surface area (Å²) in [6, 6.07) is 3.65. The predicted molar refractivity (Wildman–Crippen MR) is 75.0 cm³/mol. The maximum atomic E-state index is 9.99. The first kappa shape index (κ1) is 18.7. The Bertz CT molecular complexity index is 478. The lowest BCUT2D eigenvalue weighted by molar-refractivity contribution is -0.139. The van der Waals surface area contributed by atoms with Crippen LogP contribution in [0.15, 0.2) is 18.2 Å². The average Bonchev–Trinajstić information content (AvgIpc) is 2.41. The number of aromatic hydroxyl groups is 2. The summed E-state index contributed by atoms with van der Waals surface area (Å²) in [6.45, 7) is 0.546. The average molecular weight is 300 g/mol. The van der Waals surface area contributed by atoms with E-state index < -0.39 is 18.0 Å². The second-order valence-electron chi connectivity index (χ2n) is 4.24. The molecular formula is C13H20N2O6. The lowest BCUT2D eigenvalue weighted by atomic mass is 10.1. The van der Waals surface area contributed by atoms with Crippen LogP contribution in [0.25, 0.3) is 0 Å². The van der Waals surface area contributed by atoms with Crippen LogP contribution in [0.4, 0.5) is 0 Å². The molecule has 0 spiro atoms. The van der Waals surface area contributed by atoms with E-state index in [1.165, 1.54) is 12.1 Å². The summed E-state index contributed by atoms with van der Waals surface area (Å²) in [7, 11) is 0. The molecule has 0 aromatic heterocycles. The van der Waals surface area contributed by atoms with Gasteiger partial charge in [0.1, 0.15) is 6.04 Å². The van der Waals surface area contributed by atoms with Gasteiger partial charge >= 0.3 is 11.9 Å². The summed E-state index contributed by atoms with van der Waals surface area (Å²) < 4.78 is 0. The van der Waals surface area contributed by atoms with Crippen LogP contribution < -0.4 is 11.5 Å². The molecule has 0 unspecified atom stereocenters. The summed E-state index contributed by atoms with van der Waals surface area (Å²) in [5, 5.41) is 34.2. The van der Waals surface area contributed by atoms with Gasteiger partial charge < -0.3 is 31.9 Å². The molecule has 1 aromatic rings. The molecule has 1 rings (SSSR count). The highest BCUT2D eigenvalue weighted by atomic mass is 16.4. The fourth-order valence-electron chi connectivity index (χ4n) is 1.29. The Morgan fingerprint density at radius 1 is 1.14 bits per heavy atom. The van der Waals surface area contributed by atoms with E-state index in [0.717, 1.165) is 5.56 Å². The third-order valence-corrected chi connectivity index (χ3v) is 2.46. The number of phenolic OH excluding ortho intramolecular Hbond substituents is 2. The van der Waals surface area contributed by atoms with Crippen molar-refractivity contribution < 1.29 is 30.0 Å². The molecule has 1 atom stereocenters. The molecule has 0 bridgehead atoms. The number of carbonyl (C=O) groups is 2. The number of carboxylic acids is 2. The van der Waals surface area contributed by atoms with Gasteiger partial charge in [0.15, 0.2) is 11.5 Å². The number of aliphatic carboxylic acids is 2. The van der Waals surface area contributed by atoms with E-state index >= 15 is 0 Å². The van der Waals surface area contributed by atoms with Crippen molar-refractivity contribution in [3.05, 3.63) is 23.8 Å². The fourth-order valence-corrected chi connectivity index (χ4v) is 1.29. The van der Waals surface area contributed by atoms with E-state index in [2.05, 4.69) is 0 Å². The lowest BCUT2D eigenvalue weighted by Crippen LogP contribution is -2.30. The lowest BCUT2D eigenvalue weighted by Gasteiger charge is -2.01. The highest BCUT2D eigenvalue weighted by Crippen LogP contribution is 2.24. The van der Waals surface area contributed by atoms with E-state index in [4.69, 9.17) is 31.9 Å². The highest BCUT2D eigenvalue weighted by Gasteiger charge is 2.12. The van der Waals surface area contributed by atoms with Crippen LogP contribution in [0, 0.1) is 0 Å². The third kappa shape index (κ3) is 8.45. The molecule has 0 aliphatic rings. The smallest absolute Gasteiger partial charge is 0.320 e. The Balaban J connectivity index is 0.000000384. The number of phenols is 2. The summed E-state index contributed by atoms with van der Waals surface area (Å²) in [5.74, 6) is -2.38. The Morgan fingerprint density at radius 2 is 1.76 bits per heavy atom. The minimum absolute atomic E-state index is 0.0231. The Morgan fingerprint density at radius 3 is 2.19 bits per heavy atom. The zero-order valence-electron chi connectivity index (χ0n) is 11.4. The van der Waals surface area contributed by atoms with Crippen molar-refractivity contribution in [1.29, 1.82) is 0 Å². The fraction of sp³-hybridized carbons (Fsp3) is 0.385. The molecule has 0 radical (unpaired) electrons. The summed E-state index contributed by atoms with van der Waals surface area (Å²) in [6.07, 6.45) is 0.492. The van der Waals surface area contributed by atoms with E-state index in [-0.39, 0.29) is 24.3 Å². The van der Waals surface area contributed by atoms with Crippen LogP contribution in [-0.2, 0) is 16.0 Å². The molecule has 0 amide bonds. The van der Waals surface area contributed by atoms with Gasteiger partial charge in [-0.05, 0) is 37.1 Å². The van der Waals surface area contributed by atoms with Crippen LogP contribution in [-0.4, -0.2) is 45.0 Å². The number of hydrogen-bond donors (Lipinski definition) is 6. The minimum atomic E-state index is -1.17. The molecule has 0 saturated carbocycles. The van der Waals surface area contributed by atoms with Gasteiger partial charge in [-0.15, -0.1) is 0 Å². The van der Waals surface area contributed by atoms with Gasteiger partial charge in [0, 0.05) is 6.42 Å². The zero-order chi connectivity index (χ0) is 16.4. The Kier molecular flexibility index (Phi) is 8.51. The number of rotatable bonds is 6. The topological polar surface area (TPSA) is 167 Å². The standard InChI is InChI=1S/C8H11NO2.C5H9NO4/c9-4-3-6-1-2-7(10)8(11)5-6;6-3(5(9)10)1-2-4(7)8/h1-2,5,10-11H,3-4,9H2;3H,1-2,6H2,(H,7,8)(H,9,10)/t;3-/m.0/s1. The van der Waals surface area contributed by atoms with Crippen molar-refractivity contribution >= 4 is 11.9 Å². The van der Waals surface area contributed by atoms with Crippen LogP contribution in [0.1, 0.15) is 18.4 Å². The highest BCUT2D eigenvalue weighted by molar-refractivity contribution is 5.74. The Hall–Kier alpha value is -2.32. The maximum absolute atomic E-state index is 9.99. The number of benzene rings is 1. The van der Waals surface area contributed by atoms with Gasteiger partial charge in [0.05, 0.1) is 0 Å². The van der Waals surface area contributed by atoms with Crippen molar-refractivity contribution in [2.24, 2.45) is 11.5 Å². The first-order valence-corrected chi connectivity index (χ1v) is 6.19. The predicted octanol–water partition coefficient (Wildman–Crippen LogP) is -0.138. The number of carboxylic acid groups (broad SMARTS) is 2. The minimum Gasteiger partial charge on any atom is -0.504 e. The van der Waals surface area contributed by atoms with Gasteiger partial charge in [0.25, 0.3) is 0 Å². The first-order chi connectivity index (χ1) is 9.77. The van der Waals surface area contributed by atoms with Crippen molar-refractivity contribution in [1.82, 2.24) is 0 Å². The van der Waals surface area contributed by atoms with Gasteiger partial charge in [-0.25, -0.2) is 0 Å². The van der Waals surface area contributed by atoms with Gasteiger partial charge in [-0.2, -0.15) is 0 Å². The molecular weight excluding hydrogens is 280 g/mol. The monoisotopic (exact) mass is 300 g/mol. The van der Waals surface area contributed by atoms with Crippen LogP contribution in [0.5, 0.6) is 11.5 Å². The van der Waals surface area contributed by atoms with Crippen molar-refractivity contribution in [2.45, 2.75) is 25.3 Å². The molecule has 118 valence electrons. The van der Waals surface area contributed by atoms with E-state index in [1.54, 1.807) is 6.07 Å². The largest absolute Gasteiger partial charge is 0.504 e. The molecule has 0 fully saturated rings. The van der Waals surface area contributed by atoms with Gasteiger partial charge in [-0.1, -0.05) is 6.07 Å². The second-order valence-corrected chi connectivity index (χ2v) is 4.24. The van der Waals surface area contributed by atoms with Gasteiger partial charge in [-0.3, -0.25) is 9.59 Å². The van der Waals surface area contributed by atoms with Crippen molar-refractivity contribution in [3.63, 3.8) is 0 Å². The van der Waals surface area contributed by atoms with E-state index in [1.807, 2.05) is 0 Å². The molecule has 0 aliphatic heterocycles. The van der Waals surface area contributed by atoms with E-state index in [9.17, 15) is 9.59 Å². The normalized spacial score (nSPS) is 11.1. The maximum Gasteiger partial charge on any atom is 0.320 e. The molecule has 0 aliphatic carbocycles. The van der Waals surface area contributed by atoms with Crippen LogP contribution >= 0.6 is 0 Å². The van der Waals surface area contributed by atoms with E-state index in [0.29, 0.717) is 13.0 Å². The first-order valence-electron chi connectivity index (χ1n) is 6.19. The summed E-state index contributed by atoms with van der Waals surface area (Å²) in [5.41, 5.74) is 11.2. The summed E-state index contributed by atoms with van der Waals surface area (Å²) in [4.78, 5) is 19.9. The quantitative estimate of drug-likeness (QED) is 0.395. The Labute approximate surface area is 121 Å².